The second kappa shape index (κ2) is 5.74. The first-order valence-electron chi connectivity index (χ1n) is 5.90. The predicted octanol–water partition coefficient (Wildman–Crippen LogP) is 2.72. The van der Waals surface area contributed by atoms with Gasteiger partial charge in [0.15, 0.2) is 0 Å². The quantitative estimate of drug-likeness (QED) is 0.926. The van der Waals surface area contributed by atoms with Crippen molar-refractivity contribution in [2.24, 2.45) is 5.73 Å². The zero-order valence-corrected chi connectivity index (χ0v) is 12.6. The van der Waals surface area contributed by atoms with Crippen LogP contribution in [0.15, 0.2) is 28.7 Å². The normalized spacial score (nSPS) is 24.5. The summed E-state index contributed by atoms with van der Waals surface area (Å²) in [4.78, 5) is 2.43. The molecule has 2 rings (SSSR count). The van der Waals surface area contributed by atoms with Crippen LogP contribution >= 0.6 is 27.7 Å². The molecule has 0 bridgehead atoms. The third kappa shape index (κ3) is 3.05. The minimum Gasteiger partial charge on any atom is -0.329 e. The number of hydrogen-bond donors (Lipinski definition) is 1. The molecule has 0 radical (unpaired) electrons. The molecule has 1 aliphatic heterocycles. The molecule has 1 heterocycles. The van der Waals surface area contributed by atoms with E-state index in [1.54, 1.807) is 0 Å². The highest BCUT2D eigenvalue weighted by atomic mass is 79.9. The molecule has 1 aromatic rings. The number of benzene rings is 1. The van der Waals surface area contributed by atoms with Gasteiger partial charge in [-0.3, -0.25) is 4.90 Å². The van der Waals surface area contributed by atoms with E-state index in [4.69, 9.17) is 5.73 Å². The van der Waals surface area contributed by atoms with Crippen LogP contribution in [-0.4, -0.2) is 35.5 Å². The number of nitrogens with two attached hydrogens (primary N) is 1. The summed E-state index contributed by atoms with van der Waals surface area (Å²) in [6.07, 6.45) is 1.21. The summed E-state index contributed by atoms with van der Waals surface area (Å²) in [5, 5.41) is 0. The molecule has 17 heavy (non-hydrogen) atoms. The number of likely N-dealkylation sites (N-methyl/N-ethyl adjacent to an activating group) is 1. The zero-order valence-electron chi connectivity index (χ0n) is 10.2. The molecule has 0 aliphatic carbocycles. The monoisotopic (exact) mass is 314 g/mol. The number of nitrogens with zero attached hydrogens (tertiary/aromatic N) is 1. The number of hydrogen-bond acceptors (Lipinski definition) is 3. The fourth-order valence-electron chi connectivity index (χ4n) is 2.29. The molecule has 0 saturated carbocycles. The fourth-order valence-corrected chi connectivity index (χ4v) is 4.27. The van der Waals surface area contributed by atoms with E-state index in [0.717, 1.165) is 23.3 Å². The van der Waals surface area contributed by atoms with E-state index in [-0.39, 0.29) is 5.54 Å². The molecule has 94 valence electrons. The summed E-state index contributed by atoms with van der Waals surface area (Å²) in [5.41, 5.74) is 7.53. The van der Waals surface area contributed by atoms with Gasteiger partial charge in [0.05, 0.1) is 0 Å². The Morgan fingerprint density at radius 2 is 2.35 bits per heavy atom. The summed E-state index contributed by atoms with van der Waals surface area (Å²) < 4.78 is 1.14. The lowest BCUT2D eigenvalue weighted by Crippen LogP contribution is -2.51. The lowest BCUT2D eigenvalue weighted by Gasteiger charge is -2.37. The van der Waals surface area contributed by atoms with Crippen molar-refractivity contribution in [1.29, 1.82) is 0 Å². The zero-order chi connectivity index (χ0) is 12.3. The molecular formula is C13H19BrN2S. The van der Waals surface area contributed by atoms with Crippen LogP contribution in [0.2, 0.25) is 0 Å². The first-order chi connectivity index (χ1) is 8.16. The van der Waals surface area contributed by atoms with Gasteiger partial charge in [0.2, 0.25) is 0 Å². The molecule has 4 heteroatoms. The first kappa shape index (κ1) is 13.4. The van der Waals surface area contributed by atoms with Gasteiger partial charge in [-0.15, -0.1) is 0 Å². The topological polar surface area (TPSA) is 29.3 Å². The molecule has 0 spiro atoms. The van der Waals surface area contributed by atoms with E-state index in [0.29, 0.717) is 0 Å². The van der Waals surface area contributed by atoms with Crippen LogP contribution in [0.25, 0.3) is 0 Å². The largest absolute Gasteiger partial charge is 0.329 e. The van der Waals surface area contributed by atoms with Gasteiger partial charge in [-0.05, 0) is 36.9 Å². The van der Waals surface area contributed by atoms with Crippen molar-refractivity contribution < 1.29 is 0 Å². The van der Waals surface area contributed by atoms with Gasteiger partial charge in [-0.2, -0.15) is 11.8 Å². The molecule has 1 aromatic carbocycles. The standard InChI is InChI=1S/C13H19BrN2S/c1-16(13(9-15)5-6-17-10-13)8-11-3-2-4-12(14)7-11/h2-4,7H,5-6,8-10,15H2,1H3. The highest BCUT2D eigenvalue weighted by Gasteiger charge is 2.36. The van der Waals surface area contributed by atoms with Gasteiger partial charge >= 0.3 is 0 Å². The maximum atomic E-state index is 5.99. The number of thioether (sulfide) groups is 1. The maximum Gasteiger partial charge on any atom is 0.0430 e. The Labute approximate surface area is 116 Å². The molecule has 1 aliphatic rings. The number of halogens is 1. The van der Waals surface area contributed by atoms with Gasteiger partial charge in [-0.25, -0.2) is 0 Å². The van der Waals surface area contributed by atoms with E-state index >= 15 is 0 Å². The van der Waals surface area contributed by atoms with Crippen LogP contribution in [0, 0.1) is 0 Å². The summed E-state index contributed by atoms with van der Waals surface area (Å²) >= 11 is 5.54. The first-order valence-corrected chi connectivity index (χ1v) is 7.84. The van der Waals surface area contributed by atoms with Gasteiger partial charge in [0, 0.05) is 28.9 Å². The Hall–Kier alpha value is -0.0300. The summed E-state index contributed by atoms with van der Waals surface area (Å²) in [5.74, 6) is 2.40. The molecular weight excluding hydrogens is 296 g/mol. The van der Waals surface area contributed by atoms with Crippen LogP contribution in [0.1, 0.15) is 12.0 Å². The molecule has 1 unspecified atom stereocenters. The smallest absolute Gasteiger partial charge is 0.0430 e. The fraction of sp³-hybridized carbons (Fsp3) is 0.538. The van der Waals surface area contributed by atoms with Gasteiger partial charge in [0.1, 0.15) is 0 Å². The SMILES string of the molecule is CN(Cc1cccc(Br)c1)C1(CN)CCSC1. The van der Waals surface area contributed by atoms with Gasteiger partial charge in [-0.1, -0.05) is 28.1 Å². The average Bonchev–Trinajstić information content (AvgIpc) is 2.78. The molecule has 1 atom stereocenters. The van der Waals surface area contributed by atoms with E-state index in [1.165, 1.54) is 17.7 Å². The summed E-state index contributed by atoms with van der Waals surface area (Å²) in [6, 6.07) is 8.51. The van der Waals surface area contributed by atoms with Crippen LogP contribution in [-0.2, 0) is 6.54 Å². The van der Waals surface area contributed by atoms with Gasteiger partial charge < -0.3 is 5.73 Å². The van der Waals surface area contributed by atoms with Crippen molar-refractivity contribution in [3.8, 4) is 0 Å². The number of rotatable bonds is 4. The van der Waals surface area contributed by atoms with Gasteiger partial charge in [0.25, 0.3) is 0 Å². The Morgan fingerprint density at radius 1 is 1.53 bits per heavy atom. The third-order valence-electron chi connectivity index (χ3n) is 3.58. The molecule has 1 saturated heterocycles. The van der Waals surface area contributed by atoms with Crippen molar-refractivity contribution >= 4 is 27.7 Å². The van der Waals surface area contributed by atoms with E-state index in [1.807, 2.05) is 11.8 Å². The van der Waals surface area contributed by atoms with Crippen molar-refractivity contribution in [3.63, 3.8) is 0 Å². The minimum atomic E-state index is 0.201. The van der Waals surface area contributed by atoms with Crippen molar-refractivity contribution in [3.05, 3.63) is 34.3 Å². The third-order valence-corrected chi connectivity index (χ3v) is 5.31. The average molecular weight is 315 g/mol. The maximum absolute atomic E-state index is 5.99. The minimum absolute atomic E-state index is 0.201. The van der Waals surface area contributed by atoms with E-state index in [2.05, 4.69) is 52.1 Å². The van der Waals surface area contributed by atoms with Crippen molar-refractivity contribution in [2.75, 3.05) is 25.1 Å². The van der Waals surface area contributed by atoms with Crippen LogP contribution in [0.3, 0.4) is 0 Å². The molecule has 2 nitrogen and oxygen atoms in total. The van der Waals surface area contributed by atoms with E-state index in [9.17, 15) is 0 Å². The van der Waals surface area contributed by atoms with Crippen LogP contribution in [0.4, 0.5) is 0 Å². The molecule has 0 aromatic heterocycles. The highest BCUT2D eigenvalue weighted by Crippen LogP contribution is 2.32. The van der Waals surface area contributed by atoms with Crippen LogP contribution in [0.5, 0.6) is 0 Å². The Kier molecular flexibility index (Phi) is 4.53. The Bertz CT molecular complexity index is 377. The summed E-state index contributed by atoms with van der Waals surface area (Å²) in [7, 11) is 2.19. The second-order valence-corrected chi connectivity index (χ2v) is 6.74. The highest BCUT2D eigenvalue weighted by molar-refractivity contribution is 9.10. The summed E-state index contributed by atoms with van der Waals surface area (Å²) in [6.45, 7) is 1.72. The molecule has 1 fully saturated rings. The van der Waals surface area contributed by atoms with Crippen LogP contribution < -0.4 is 5.73 Å². The van der Waals surface area contributed by atoms with Crippen molar-refractivity contribution in [1.82, 2.24) is 4.90 Å². The lowest BCUT2D eigenvalue weighted by molar-refractivity contribution is 0.143. The molecule has 2 N–H and O–H groups in total. The predicted molar refractivity (Wildman–Crippen MR) is 79.3 cm³/mol. The van der Waals surface area contributed by atoms with E-state index < -0.39 is 0 Å². The molecule has 0 amide bonds. The lowest BCUT2D eigenvalue weighted by atomic mass is 9.96. The Balaban J connectivity index is 2.07. The van der Waals surface area contributed by atoms with Crippen molar-refractivity contribution in [2.45, 2.75) is 18.5 Å². The second-order valence-electron chi connectivity index (χ2n) is 4.72. The Morgan fingerprint density at radius 3 is 2.94 bits per heavy atom.